The fraction of sp³-hybridized carbons (Fsp3) is 0.0357. The van der Waals surface area contributed by atoms with Crippen molar-refractivity contribution in [2.24, 2.45) is 0 Å². The van der Waals surface area contributed by atoms with Crippen molar-refractivity contribution in [3.05, 3.63) is 103 Å². The number of rotatable bonds is 3. The van der Waals surface area contributed by atoms with Crippen LogP contribution in [0.4, 0.5) is 0 Å². The summed E-state index contributed by atoms with van der Waals surface area (Å²) in [7, 11) is 0. The Morgan fingerprint density at radius 2 is 1.09 bits per heavy atom. The third-order valence-electron chi connectivity index (χ3n) is 5.67. The molecule has 0 unspecified atom stereocenters. The van der Waals surface area contributed by atoms with Gasteiger partial charge in [-0.1, -0.05) is 84.9 Å². The lowest BCUT2D eigenvalue weighted by Gasteiger charge is -2.11. The van der Waals surface area contributed by atoms with Gasteiger partial charge < -0.3 is 4.42 Å². The van der Waals surface area contributed by atoms with Gasteiger partial charge in [-0.3, -0.25) is 0 Å². The van der Waals surface area contributed by atoms with Gasteiger partial charge in [-0.2, -0.15) is 0 Å². The Bertz CT molecular complexity index is 1510. The predicted octanol–water partition coefficient (Wildman–Crippen LogP) is 7.08. The molecule has 32 heavy (non-hydrogen) atoms. The molecule has 0 amide bonds. The van der Waals surface area contributed by atoms with Gasteiger partial charge >= 0.3 is 0 Å². The van der Waals surface area contributed by atoms with E-state index in [0.717, 1.165) is 44.2 Å². The van der Waals surface area contributed by atoms with Gasteiger partial charge in [0.15, 0.2) is 17.5 Å². The van der Waals surface area contributed by atoms with E-state index in [9.17, 15) is 0 Å². The van der Waals surface area contributed by atoms with Crippen LogP contribution in [0.15, 0.2) is 101 Å². The molecule has 0 saturated heterocycles. The van der Waals surface area contributed by atoms with Crippen molar-refractivity contribution in [1.82, 2.24) is 15.0 Å². The van der Waals surface area contributed by atoms with E-state index in [4.69, 9.17) is 19.4 Å². The van der Waals surface area contributed by atoms with Crippen LogP contribution in [0.2, 0.25) is 0 Å². The Morgan fingerprint density at radius 3 is 1.75 bits per heavy atom. The van der Waals surface area contributed by atoms with Gasteiger partial charge in [-0.15, -0.1) is 0 Å². The SMILES string of the molecule is Cc1ccc2oc3ccccc3c2c1-c1nc(-c2ccccc2)nc(-c2ccccc2)n1. The van der Waals surface area contributed by atoms with E-state index in [1.165, 1.54) is 0 Å². The summed E-state index contributed by atoms with van der Waals surface area (Å²) in [6, 6.07) is 32.2. The van der Waals surface area contributed by atoms with E-state index in [-0.39, 0.29) is 0 Å². The van der Waals surface area contributed by atoms with Crippen molar-refractivity contribution in [3.8, 4) is 34.2 Å². The number of nitrogens with zero attached hydrogens (tertiary/aromatic N) is 3. The molecule has 0 fully saturated rings. The minimum atomic E-state index is 0.646. The van der Waals surface area contributed by atoms with Crippen LogP contribution >= 0.6 is 0 Å². The zero-order chi connectivity index (χ0) is 21.5. The second-order valence-corrected chi connectivity index (χ2v) is 7.77. The zero-order valence-electron chi connectivity index (χ0n) is 17.5. The molecule has 0 aliphatic rings. The first-order valence-electron chi connectivity index (χ1n) is 10.6. The summed E-state index contributed by atoms with van der Waals surface area (Å²) >= 11 is 0. The molecule has 0 bridgehead atoms. The standard InChI is InChI=1S/C28H19N3O/c1-18-16-17-23-25(21-14-8-9-15-22(21)32-23)24(18)28-30-26(19-10-4-2-5-11-19)29-27(31-28)20-12-6-3-7-13-20/h2-17H,1H3. The van der Waals surface area contributed by atoms with Crippen LogP contribution in [-0.2, 0) is 0 Å². The van der Waals surface area contributed by atoms with Gasteiger partial charge in [-0.05, 0) is 24.6 Å². The van der Waals surface area contributed by atoms with E-state index in [2.05, 4.69) is 19.1 Å². The molecule has 6 rings (SSSR count). The third kappa shape index (κ3) is 3.05. The quantitative estimate of drug-likeness (QED) is 0.311. The first-order chi connectivity index (χ1) is 15.8. The van der Waals surface area contributed by atoms with Gasteiger partial charge in [0.25, 0.3) is 0 Å². The van der Waals surface area contributed by atoms with Gasteiger partial charge in [0.05, 0.1) is 0 Å². The predicted molar refractivity (Wildman–Crippen MR) is 128 cm³/mol. The van der Waals surface area contributed by atoms with E-state index < -0.39 is 0 Å². The van der Waals surface area contributed by atoms with E-state index in [1.54, 1.807) is 0 Å². The molecule has 0 aliphatic carbocycles. The van der Waals surface area contributed by atoms with Crippen molar-refractivity contribution in [2.45, 2.75) is 6.92 Å². The summed E-state index contributed by atoms with van der Waals surface area (Å²) in [6.07, 6.45) is 0. The molecule has 2 heterocycles. The molecule has 4 nitrogen and oxygen atoms in total. The summed E-state index contributed by atoms with van der Waals surface area (Å²) < 4.78 is 6.13. The third-order valence-corrected chi connectivity index (χ3v) is 5.67. The number of furan rings is 1. The summed E-state index contributed by atoms with van der Waals surface area (Å²) in [6.45, 7) is 2.09. The lowest BCUT2D eigenvalue weighted by atomic mass is 10.0. The largest absolute Gasteiger partial charge is 0.456 e. The summed E-state index contributed by atoms with van der Waals surface area (Å²) in [5.74, 6) is 1.95. The molecule has 0 spiro atoms. The number of hydrogen-bond donors (Lipinski definition) is 0. The van der Waals surface area contributed by atoms with E-state index in [0.29, 0.717) is 17.5 Å². The van der Waals surface area contributed by atoms with E-state index >= 15 is 0 Å². The number of para-hydroxylation sites is 1. The second-order valence-electron chi connectivity index (χ2n) is 7.77. The molecule has 4 aromatic carbocycles. The Hall–Kier alpha value is -4.31. The van der Waals surface area contributed by atoms with Gasteiger partial charge in [0, 0.05) is 27.5 Å². The highest BCUT2D eigenvalue weighted by molar-refractivity contribution is 6.12. The fourth-order valence-corrected chi connectivity index (χ4v) is 4.13. The molecule has 152 valence electrons. The molecule has 2 aromatic heterocycles. The highest BCUT2D eigenvalue weighted by atomic mass is 16.3. The maximum atomic E-state index is 6.13. The van der Waals surface area contributed by atoms with Crippen molar-refractivity contribution in [2.75, 3.05) is 0 Å². The Morgan fingerprint density at radius 1 is 0.531 bits per heavy atom. The van der Waals surface area contributed by atoms with Gasteiger partial charge in [-0.25, -0.2) is 15.0 Å². The van der Waals surface area contributed by atoms with Crippen molar-refractivity contribution in [1.29, 1.82) is 0 Å². The van der Waals surface area contributed by atoms with Crippen LogP contribution < -0.4 is 0 Å². The van der Waals surface area contributed by atoms with Crippen LogP contribution in [-0.4, -0.2) is 15.0 Å². The lowest BCUT2D eigenvalue weighted by Crippen LogP contribution is -2.01. The van der Waals surface area contributed by atoms with Crippen LogP contribution in [0.1, 0.15) is 5.56 Å². The maximum absolute atomic E-state index is 6.13. The zero-order valence-corrected chi connectivity index (χ0v) is 17.5. The van der Waals surface area contributed by atoms with Crippen molar-refractivity contribution < 1.29 is 4.42 Å². The maximum Gasteiger partial charge on any atom is 0.165 e. The summed E-state index contributed by atoms with van der Waals surface area (Å²) in [5, 5.41) is 2.09. The van der Waals surface area contributed by atoms with Crippen LogP contribution in [0, 0.1) is 6.92 Å². The first kappa shape index (κ1) is 18.5. The molecular weight excluding hydrogens is 394 g/mol. The first-order valence-corrected chi connectivity index (χ1v) is 10.6. The highest BCUT2D eigenvalue weighted by Gasteiger charge is 2.19. The van der Waals surface area contributed by atoms with Gasteiger partial charge in [0.1, 0.15) is 11.2 Å². The normalized spacial score (nSPS) is 11.3. The second kappa shape index (κ2) is 7.43. The monoisotopic (exact) mass is 413 g/mol. The Kier molecular flexibility index (Phi) is 4.29. The number of aromatic nitrogens is 3. The van der Waals surface area contributed by atoms with Crippen molar-refractivity contribution >= 4 is 21.9 Å². The molecule has 6 aromatic rings. The molecule has 0 atom stereocenters. The lowest BCUT2D eigenvalue weighted by molar-refractivity contribution is 0.669. The average molecular weight is 413 g/mol. The summed E-state index contributed by atoms with van der Waals surface area (Å²) in [4.78, 5) is 14.7. The molecule has 0 radical (unpaired) electrons. The molecule has 4 heteroatoms. The summed E-state index contributed by atoms with van der Waals surface area (Å²) in [5.41, 5.74) is 5.66. The van der Waals surface area contributed by atoms with Crippen LogP contribution in [0.5, 0.6) is 0 Å². The topological polar surface area (TPSA) is 51.8 Å². The molecule has 0 aliphatic heterocycles. The van der Waals surface area contributed by atoms with Crippen molar-refractivity contribution in [3.63, 3.8) is 0 Å². The minimum Gasteiger partial charge on any atom is -0.456 e. The smallest absolute Gasteiger partial charge is 0.165 e. The van der Waals surface area contributed by atoms with Gasteiger partial charge in [0.2, 0.25) is 0 Å². The number of hydrogen-bond acceptors (Lipinski definition) is 4. The van der Waals surface area contributed by atoms with E-state index in [1.807, 2.05) is 84.9 Å². The number of aryl methyl sites for hydroxylation is 1. The highest BCUT2D eigenvalue weighted by Crippen LogP contribution is 2.38. The van der Waals surface area contributed by atoms with Crippen LogP contribution in [0.3, 0.4) is 0 Å². The number of benzene rings is 4. The minimum absolute atomic E-state index is 0.646. The Labute approximate surface area is 185 Å². The van der Waals surface area contributed by atoms with Crippen LogP contribution in [0.25, 0.3) is 56.1 Å². The molecule has 0 saturated carbocycles. The molecular formula is C28H19N3O. The number of fused-ring (bicyclic) bond motifs is 3. The fourth-order valence-electron chi connectivity index (χ4n) is 4.13. The Balaban J connectivity index is 1.69. The molecule has 0 N–H and O–H groups in total. The average Bonchev–Trinajstić information content (AvgIpc) is 3.23.